The van der Waals surface area contributed by atoms with Gasteiger partial charge >= 0.3 is 0 Å². The predicted molar refractivity (Wildman–Crippen MR) is 49.0 cm³/mol. The maximum atomic E-state index is 5.87. The molecule has 2 rings (SSSR count). The van der Waals surface area contributed by atoms with Gasteiger partial charge in [-0.25, -0.2) is 0 Å². The number of ether oxygens (including phenoxy) is 1. The highest BCUT2D eigenvalue weighted by Crippen LogP contribution is 2.37. The predicted octanol–water partition coefficient (Wildman–Crippen LogP) is 2.73. The Morgan fingerprint density at radius 2 is 2.09 bits per heavy atom. The van der Waals surface area contributed by atoms with E-state index >= 15 is 0 Å². The van der Waals surface area contributed by atoms with E-state index in [1.165, 1.54) is 32.1 Å². The summed E-state index contributed by atoms with van der Waals surface area (Å²) in [6.45, 7) is 0. The number of rotatable bonds is 1. The molecular weight excluding hydrogens is 204 g/mol. The van der Waals surface area contributed by atoms with Gasteiger partial charge in [0.25, 0.3) is 0 Å². The molecule has 0 aromatic rings. The van der Waals surface area contributed by atoms with Crippen LogP contribution in [-0.2, 0) is 4.74 Å². The summed E-state index contributed by atoms with van der Waals surface area (Å²) in [5, 5.41) is 1.03. The molecule has 64 valence electrons. The monoisotopic (exact) mass is 218 g/mol. The highest BCUT2D eigenvalue weighted by Gasteiger charge is 2.35. The van der Waals surface area contributed by atoms with Crippen LogP contribution in [0.2, 0.25) is 0 Å². The second-order valence-electron chi connectivity index (χ2n) is 3.73. The van der Waals surface area contributed by atoms with Crippen molar-refractivity contribution in [2.75, 3.05) is 5.33 Å². The van der Waals surface area contributed by atoms with Crippen molar-refractivity contribution in [3.63, 3.8) is 0 Å². The second kappa shape index (κ2) is 3.44. The van der Waals surface area contributed by atoms with Gasteiger partial charge in [-0.05, 0) is 25.2 Å². The minimum Gasteiger partial charge on any atom is -0.374 e. The summed E-state index contributed by atoms with van der Waals surface area (Å²) in [4.78, 5) is 0. The molecule has 3 atom stereocenters. The number of halogens is 1. The van der Waals surface area contributed by atoms with Crippen LogP contribution in [0, 0.1) is 5.92 Å². The van der Waals surface area contributed by atoms with Crippen molar-refractivity contribution in [3.8, 4) is 0 Å². The third kappa shape index (κ3) is 1.62. The molecule has 11 heavy (non-hydrogen) atoms. The zero-order valence-corrected chi connectivity index (χ0v) is 8.35. The highest BCUT2D eigenvalue weighted by molar-refractivity contribution is 9.09. The first kappa shape index (κ1) is 8.06. The van der Waals surface area contributed by atoms with E-state index in [2.05, 4.69) is 15.9 Å². The molecule has 2 fully saturated rings. The molecule has 1 aliphatic carbocycles. The Bertz CT molecular complexity index is 124. The average Bonchev–Trinajstić information content (AvgIpc) is 2.46. The molecule has 0 radical (unpaired) electrons. The fourth-order valence-corrected chi connectivity index (χ4v) is 2.78. The van der Waals surface area contributed by atoms with Crippen molar-refractivity contribution < 1.29 is 4.74 Å². The Hall–Kier alpha value is 0.440. The third-order valence-corrected chi connectivity index (χ3v) is 3.67. The molecule has 0 aromatic carbocycles. The molecule has 1 nitrogen and oxygen atoms in total. The van der Waals surface area contributed by atoms with Gasteiger partial charge < -0.3 is 4.74 Å². The number of fused-ring (bicyclic) bond motifs is 1. The van der Waals surface area contributed by atoms with Crippen LogP contribution in [-0.4, -0.2) is 17.5 Å². The quantitative estimate of drug-likeness (QED) is 0.616. The molecule has 1 saturated carbocycles. The first-order valence-corrected chi connectivity index (χ1v) is 5.73. The van der Waals surface area contributed by atoms with Crippen molar-refractivity contribution in [2.24, 2.45) is 5.92 Å². The van der Waals surface area contributed by atoms with Gasteiger partial charge in [-0.15, -0.1) is 0 Å². The molecule has 0 aromatic heterocycles. The van der Waals surface area contributed by atoms with Crippen molar-refractivity contribution in [1.29, 1.82) is 0 Å². The SMILES string of the molecule is BrCC1C[C@H]2CCCC[C@H]2O1. The van der Waals surface area contributed by atoms with E-state index in [1.54, 1.807) is 0 Å². The van der Waals surface area contributed by atoms with Crippen LogP contribution < -0.4 is 0 Å². The summed E-state index contributed by atoms with van der Waals surface area (Å²) in [7, 11) is 0. The first-order chi connectivity index (χ1) is 5.40. The lowest BCUT2D eigenvalue weighted by Gasteiger charge is -2.23. The molecule has 0 spiro atoms. The maximum Gasteiger partial charge on any atom is 0.0679 e. The Morgan fingerprint density at radius 1 is 1.27 bits per heavy atom. The van der Waals surface area contributed by atoms with E-state index in [0.29, 0.717) is 12.2 Å². The van der Waals surface area contributed by atoms with Crippen molar-refractivity contribution >= 4 is 15.9 Å². The van der Waals surface area contributed by atoms with Gasteiger partial charge in [0.2, 0.25) is 0 Å². The van der Waals surface area contributed by atoms with Crippen molar-refractivity contribution in [3.05, 3.63) is 0 Å². The molecule has 1 aliphatic heterocycles. The van der Waals surface area contributed by atoms with E-state index in [-0.39, 0.29) is 0 Å². The first-order valence-electron chi connectivity index (χ1n) is 4.61. The van der Waals surface area contributed by atoms with Crippen LogP contribution in [0.1, 0.15) is 32.1 Å². The number of alkyl halides is 1. The highest BCUT2D eigenvalue weighted by atomic mass is 79.9. The van der Waals surface area contributed by atoms with Gasteiger partial charge in [0.05, 0.1) is 12.2 Å². The van der Waals surface area contributed by atoms with Crippen LogP contribution in [0.25, 0.3) is 0 Å². The summed E-state index contributed by atoms with van der Waals surface area (Å²) in [6.07, 6.45) is 7.97. The van der Waals surface area contributed by atoms with Crippen LogP contribution in [0.3, 0.4) is 0 Å². The van der Waals surface area contributed by atoms with Gasteiger partial charge in [-0.1, -0.05) is 28.8 Å². The smallest absolute Gasteiger partial charge is 0.0679 e. The second-order valence-corrected chi connectivity index (χ2v) is 4.38. The molecule has 2 heteroatoms. The average molecular weight is 219 g/mol. The standard InChI is InChI=1S/C9H15BrO/c10-6-8-5-7-3-1-2-4-9(7)11-8/h7-9H,1-6H2/t7-,8?,9-/m1/s1. The van der Waals surface area contributed by atoms with E-state index in [0.717, 1.165) is 11.2 Å². The molecule has 2 aliphatic rings. The summed E-state index contributed by atoms with van der Waals surface area (Å²) >= 11 is 3.48. The van der Waals surface area contributed by atoms with Gasteiger partial charge in [-0.3, -0.25) is 0 Å². The summed E-state index contributed by atoms with van der Waals surface area (Å²) < 4.78 is 5.87. The Labute approximate surface area is 76.6 Å². The summed E-state index contributed by atoms with van der Waals surface area (Å²) in [6, 6.07) is 0. The van der Waals surface area contributed by atoms with Gasteiger partial charge in [0.15, 0.2) is 0 Å². The Morgan fingerprint density at radius 3 is 2.82 bits per heavy atom. The van der Waals surface area contributed by atoms with Gasteiger partial charge in [0, 0.05) is 5.33 Å². The molecule has 1 saturated heterocycles. The fraction of sp³-hybridized carbons (Fsp3) is 1.00. The topological polar surface area (TPSA) is 9.23 Å². The summed E-state index contributed by atoms with van der Waals surface area (Å²) in [5.74, 6) is 0.895. The Kier molecular flexibility index (Phi) is 2.52. The van der Waals surface area contributed by atoms with Crippen molar-refractivity contribution in [1.82, 2.24) is 0 Å². The molecule has 1 heterocycles. The van der Waals surface area contributed by atoms with E-state index < -0.39 is 0 Å². The number of hydrogen-bond donors (Lipinski definition) is 0. The lowest BCUT2D eigenvalue weighted by Crippen LogP contribution is -2.20. The minimum absolute atomic E-state index is 0.517. The molecule has 0 amide bonds. The van der Waals surface area contributed by atoms with E-state index in [4.69, 9.17) is 4.74 Å². The van der Waals surface area contributed by atoms with Crippen LogP contribution in [0.4, 0.5) is 0 Å². The van der Waals surface area contributed by atoms with E-state index in [9.17, 15) is 0 Å². The zero-order chi connectivity index (χ0) is 7.68. The largest absolute Gasteiger partial charge is 0.374 e. The molecule has 0 N–H and O–H groups in total. The van der Waals surface area contributed by atoms with Gasteiger partial charge in [0.1, 0.15) is 0 Å². The normalized spacial score (nSPS) is 43.9. The molecular formula is C9H15BrO. The third-order valence-electron chi connectivity index (χ3n) is 2.94. The van der Waals surface area contributed by atoms with E-state index in [1.807, 2.05) is 0 Å². The maximum absolute atomic E-state index is 5.87. The summed E-state index contributed by atoms with van der Waals surface area (Å²) in [5.41, 5.74) is 0. The lowest BCUT2D eigenvalue weighted by atomic mass is 9.86. The molecule has 0 bridgehead atoms. The minimum atomic E-state index is 0.517. The lowest BCUT2D eigenvalue weighted by molar-refractivity contribution is 0.0296. The number of hydrogen-bond acceptors (Lipinski definition) is 1. The van der Waals surface area contributed by atoms with Crippen molar-refractivity contribution in [2.45, 2.75) is 44.3 Å². The van der Waals surface area contributed by atoms with Crippen LogP contribution in [0.5, 0.6) is 0 Å². The fourth-order valence-electron chi connectivity index (χ4n) is 2.36. The van der Waals surface area contributed by atoms with Crippen LogP contribution in [0.15, 0.2) is 0 Å². The van der Waals surface area contributed by atoms with Gasteiger partial charge in [-0.2, -0.15) is 0 Å². The Balaban J connectivity index is 1.92. The van der Waals surface area contributed by atoms with Crippen LogP contribution >= 0.6 is 15.9 Å². The molecule has 1 unspecified atom stereocenters. The zero-order valence-electron chi connectivity index (χ0n) is 6.76.